The molecule has 0 fully saturated rings. The van der Waals surface area contributed by atoms with Crippen molar-refractivity contribution in [3.05, 3.63) is 58.8 Å². The number of nitrogens with zero attached hydrogens (tertiary/aromatic N) is 1. The number of allylic oxidation sites excluding steroid dienone is 2. The first-order valence-electron chi connectivity index (χ1n) is 11.0. The highest BCUT2D eigenvalue weighted by Gasteiger charge is 2.41. The first-order valence-corrected chi connectivity index (χ1v) is 11.0. The van der Waals surface area contributed by atoms with Gasteiger partial charge >= 0.3 is 0 Å². The Morgan fingerprint density at radius 2 is 1.69 bits per heavy atom. The Hall–Kier alpha value is -3.28. The van der Waals surface area contributed by atoms with Crippen LogP contribution >= 0.6 is 0 Å². The van der Waals surface area contributed by atoms with Gasteiger partial charge in [-0.1, -0.05) is 31.2 Å². The smallest absolute Gasteiger partial charge is 0.232 e. The molecule has 0 N–H and O–H groups in total. The molecule has 0 bridgehead atoms. The van der Waals surface area contributed by atoms with Crippen molar-refractivity contribution in [1.29, 1.82) is 0 Å². The van der Waals surface area contributed by atoms with Gasteiger partial charge in [-0.3, -0.25) is 14.5 Å². The Morgan fingerprint density at radius 1 is 0.938 bits per heavy atom. The highest BCUT2D eigenvalue weighted by Crippen LogP contribution is 2.50. The topological polar surface area (TPSA) is 65.1 Å². The maximum absolute atomic E-state index is 13.6. The van der Waals surface area contributed by atoms with Crippen LogP contribution in [-0.4, -0.2) is 33.0 Å². The summed E-state index contributed by atoms with van der Waals surface area (Å²) in [6, 6.07) is 11.6. The normalized spacial score (nSPS) is 18.5. The van der Waals surface area contributed by atoms with Crippen molar-refractivity contribution in [2.24, 2.45) is 0 Å². The Balaban J connectivity index is 1.92. The van der Waals surface area contributed by atoms with Crippen molar-refractivity contribution in [1.82, 2.24) is 0 Å². The molecule has 168 valence electrons. The molecular weight excluding hydrogens is 406 g/mol. The number of anilines is 1. The molecule has 4 rings (SSSR count). The summed E-state index contributed by atoms with van der Waals surface area (Å²) in [4.78, 5) is 28.6. The molecule has 0 radical (unpaired) electrons. The zero-order valence-electron chi connectivity index (χ0n) is 19.1. The van der Waals surface area contributed by atoms with Crippen LogP contribution in [0.2, 0.25) is 0 Å². The van der Waals surface area contributed by atoms with Gasteiger partial charge in [-0.05, 0) is 37.0 Å². The Bertz CT molecular complexity index is 1090. The van der Waals surface area contributed by atoms with E-state index in [1.807, 2.05) is 30.3 Å². The second-order valence-corrected chi connectivity index (χ2v) is 8.03. The zero-order chi connectivity index (χ0) is 22.8. The number of Topliss-reactive ketones (excluding diaryl/α,β-unsaturated/α-hetero) is 1. The molecule has 1 aliphatic carbocycles. The maximum atomic E-state index is 13.6. The van der Waals surface area contributed by atoms with Crippen molar-refractivity contribution in [2.45, 2.75) is 44.9 Å². The fourth-order valence-corrected chi connectivity index (χ4v) is 4.96. The largest absolute Gasteiger partial charge is 0.493 e. The molecule has 1 atom stereocenters. The summed E-state index contributed by atoms with van der Waals surface area (Å²) in [6.07, 6.45) is 2.92. The molecular formula is C26H29NO5. The van der Waals surface area contributed by atoms with Gasteiger partial charge in [0.1, 0.15) is 0 Å². The molecule has 0 spiro atoms. The van der Waals surface area contributed by atoms with Crippen LogP contribution in [0.4, 0.5) is 5.69 Å². The van der Waals surface area contributed by atoms with Gasteiger partial charge in [0.25, 0.3) is 0 Å². The van der Waals surface area contributed by atoms with Crippen molar-refractivity contribution >= 4 is 17.4 Å². The van der Waals surface area contributed by atoms with Crippen molar-refractivity contribution in [3.8, 4) is 17.2 Å². The molecule has 0 saturated heterocycles. The monoisotopic (exact) mass is 435 g/mol. The number of rotatable bonds is 6. The predicted molar refractivity (Wildman–Crippen MR) is 123 cm³/mol. The van der Waals surface area contributed by atoms with E-state index in [1.165, 1.54) is 0 Å². The minimum absolute atomic E-state index is 0.0128. The molecule has 1 amide bonds. The van der Waals surface area contributed by atoms with Crippen LogP contribution < -0.4 is 19.1 Å². The lowest BCUT2D eigenvalue weighted by Gasteiger charge is -2.39. The number of amides is 1. The summed E-state index contributed by atoms with van der Waals surface area (Å²) in [5.74, 6) is 1.20. The first kappa shape index (κ1) is 21.9. The molecule has 6 heteroatoms. The van der Waals surface area contributed by atoms with Gasteiger partial charge in [0, 0.05) is 35.6 Å². The zero-order valence-corrected chi connectivity index (χ0v) is 19.1. The highest BCUT2D eigenvalue weighted by molar-refractivity contribution is 6.08. The van der Waals surface area contributed by atoms with Crippen LogP contribution in [0, 0.1) is 0 Å². The molecule has 6 nitrogen and oxygen atoms in total. The standard InChI is InChI=1S/C26H29NO5/c1-5-16-9-6-7-10-19(16)27-20-11-8-12-21(28)24(20)18(15-23(27)29)17-13-14-22(30-2)26(32-4)25(17)31-3/h6-7,9-10,13-14,18H,5,8,11-12,15H2,1-4H3. The van der Waals surface area contributed by atoms with Crippen LogP contribution in [0.5, 0.6) is 17.2 Å². The number of benzene rings is 2. The summed E-state index contributed by atoms with van der Waals surface area (Å²) < 4.78 is 16.7. The molecule has 1 heterocycles. The van der Waals surface area contributed by atoms with Crippen LogP contribution in [0.15, 0.2) is 47.7 Å². The number of ether oxygens (including phenoxy) is 3. The van der Waals surface area contributed by atoms with Gasteiger partial charge in [-0.25, -0.2) is 0 Å². The predicted octanol–water partition coefficient (Wildman–Crippen LogP) is 4.80. The summed E-state index contributed by atoms with van der Waals surface area (Å²) in [5.41, 5.74) is 4.27. The van der Waals surface area contributed by atoms with E-state index in [1.54, 1.807) is 32.3 Å². The van der Waals surface area contributed by atoms with Crippen LogP contribution in [-0.2, 0) is 16.0 Å². The Labute approximate surface area is 188 Å². The van der Waals surface area contributed by atoms with E-state index in [0.29, 0.717) is 35.7 Å². The molecule has 0 aromatic heterocycles. The van der Waals surface area contributed by atoms with Gasteiger partial charge < -0.3 is 14.2 Å². The van der Waals surface area contributed by atoms with Gasteiger partial charge in [0.15, 0.2) is 17.3 Å². The average Bonchev–Trinajstić information content (AvgIpc) is 2.82. The second-order valence-electron chi connectivity index (χ2n) is 8.03. The first-order chi connectivity index (χ1) is 15.5. The van der Waals surface area contributed by atoms with E-state index in [9.17, 15) is 9.59 Å². The van der Waals surface area contributed by atoms with E-state index in [0.717, 1.165) is 35.4 Å². The molecule has 2 aromatic carbocycles. The number of carbonyl (C=O) groups excluding carboxylic acids is 2. The lowest BCUT2D eigenvalue weighted by atomic mass is 9.76. The van der Waals surface area contributed by atoms with Crippen molar-refractivity contribution < 1.29 is 23.8 Å². The third-order valence-electron chi connectivity index (χ3n) is 6.40. The Morgan fingerprint density at radius 3 is 2.38 bits per heavy atom. The lowest BCUT2D eigenvalue weighted by molar-refractivity contribution is -0.119. The summed E-state index contributed by atoms with van der Waals surface area (Å²) in [5, 5.41) is 0. The van der Waals surface area contributed by atoms with E-state index in [4.69, 9.17) is 14.2 Å². The quantitative estimate of drug-likeness (QED) is 0.652. The molecule has 2 aromatic rings. The minimum Gasteiger partial charge on any atom is -0.493 e. The molecule has 0 saturated carbocycles. The van der Waals surface area contributed by atoms with E-state index in [-0.39, 0.29) is 24.0 Å². The van der Waals surface area contributed by atoms with E-state index >= 15 is 0 Å². The van der Waals surface area contributed by atoms with Crippen LogP contribution in [0.1, 0.15) is 49.7 Å². The molecule has 32 heavy (non-hydrogen) atoms. The SMILES string of the molecule is CCc1ccccc1N1C(=O)CC(c2ccc(OC)c(OC)c2OC)C2=C1CCCC2=O. The van der Waals surface area contributed by atoms with Gasteiger partial charge in [-0.2, -0.15) is 0 Å². The summed E-state index contributed by atoms with van der Waals surface area (Å²) in [7, 11) is 4.68. The molecule has 1 unspecified atom stereocenters. The van der Waals surface area contributed by atoms with E-state index in [2.05, 4.69) is 6.92 Å². The number of hydrogen-bond acceptors (Lipinski definition) is 5. The van der Waals surface area contributed by atoms with Crippen LogP contribution in [0.25, 0.3) is 0 Å². The number of methoxy groups -OCH3 is 3. The maximum Gasteiger partial charge on any atom is 0.232 e. The Kier molecular flexibility index (Phi) is 6.21. The number of para-hydroxylation sites is 1. The fourth-order valence-electron chi connectivity index (χ4n) is 4.96. The number of ketones is 1. The third-order valence-corrected chi connectivity index (χ3v) is 6.40. The van der Waals surface area contributed by atoms with Crippen molar-refractivity contribution in [2.75, 3.05) is 26.2 Å². The second kappa shape index (κ2) is 9.07. The fraction of sp³-hybridized carbons (Fsp3) is 0.385. The summed E-state index contributed by atoms with van der Waals surface area (Å²) >= 11 is 0. The van der Waals surface area contributed by atoms with E-state index < -0.39 is 0 Å². The van der Waals surface area contributed by atoms with Crippen molar-refractivity contribution in [3.63, 3.8) is 0 Å². The third kappa shape index (κ3) is 3.53. The number of hydrogen-bond donors (Lipinski definition) is 0. The molecule has 1 aliphatic heterocycles. The average molecular weight is 436 g/mol. The lowest BCUT2D eigenvalue weighted by Crippen LogP contribution is -2.41. The van der Waals surface area contributed by atoms with Gasteiger partial charge in [0.2, 0.25) is 11.7 Å². The van der Waals surface area contributed by atoms with Gasteiger partial charge in [-0.15, -0.1) is 0 Å². The van der Waals surface area contributed by atoms with Gasteiger partial charge in [0.05, 0.1) is 27.0 Å². The minimum atomic E-state index is -0.384. The van der Waals surface area contributed by atoms with Crippen LogP contribution in [0.3, 0.4) is 0 Å². The summed E-state index contributed by atoms with van der Waals surface area (Å²) in [6.45, 7) is 2.08. The number of aryl methyl sites for hydroxylation is 1. The number of carbonyl (C=O) groups is 2. The highest BCUT2D eigenvalue weighted by atomic mass is 16.5. The molecule has 2 aliphatic rings.